The molecule has 0 bridgehead atoms. The second-order valence-corrected chi connectivity index (χ2v) is 9.94. The molecular formula is C31H23Cl2N3O5. The molecule has 1 heterocycles. The minimum absolute atomic E-state index is 0.129. The Balaban J connectivity index is 1.21. The van der Waals surface area contributed by atoms with Crippen molar-refractivity contribution in [3.8, 4) is 5.75 Å². The SMILES string of the molecule is Nc1ccccc1NC(=O)c1ccc(CNC(=O)c2cc3ccc(OCc4ccc(Cl)cc4Cl)cc3oc2=O)cc1. The van der Waals surface area contributed by atoms with Crippen molar-refractivity contribution in [1.82, 2.24) is 5.32 Å². The molecule has 5 rings (SSSR count). The minimum Gasteiger partial charge on any atom is -0.489 e. The van der Waals surface area contributed by atoms with Gasteiger partial charge in [-0.2, -0.15) is 0 Å². The highest BCUT2D eigenvalue weighted by atomic mass is 35.5. The van der Waals surface area contributed by atoms with E-state index in [1.54, 1.807) is 84.9 Å². The number of anilines is 2. The van der Waals surface area contributed by atoms with Crippen LogP contribution < -0.4 is 26.7 Å². The van der Waals surface area contributed by atoms with Crippen molar-refractivity contribution in [2.45, 2.75) is 13.2 Å². The molecule has 0 saturated carbocycles. The second kappa shape index (κ2) is 12.2. The van der Waals surface area contributed by atoms with Gasteiger partial charge in [-0.15, -0.1) is 0 Å². The number of amides is 2. The number of halogens is 2. The van der Waals surface area contributed by atoms with E-state index in [0.717, 1.165) is 11.1 Å². The van der Waals surface area contributed by atoms with Crippen LogP contribution in [0.4, 0.5) is 11.4 Å². The average Bonchev–Trinajstić information content (AvgIpc) is 2.96. The molecule has 0 aliphatic rings. The molecule has 2 amide bonds. The highest BCUT2D eigenvalue weighted by Crippen LogP contribution is 2.25. The smallest absolute Gasteiger partial charge is 0.349 e. The van der Waals surface area contributed by atoms with Crippen molar-refractivity contribution in [2.24, 2.45) is 0 Å². The fourth-order valence-electron chi connectivity index (χ4n) is 4.00. The van der Waals surface area contributed by atoms with E-state index in [0.29, 0.717) is 38.1 Å². The van der Waals surface area contributed by atoms with Crippen molar-refractivity contribution < 1.29 is 18.7 Å². The van der Waals surface area contributed by atoms with Gasteiger partial charge in [0.2, 0.25) is 0 Å². The molecule has 0 aliphatic heterocycles. The molecule has 10 heteroatoms. The minimum atomic E-state index is -0.778. The van der Waals surface area contributed by atoms with Crippen LogP contribution in [0.25, 0.3) is 11.0 Å². The number of fused-ring (bicyclic) bond motifs is 1. The van der Waals surface area contributed by atoms with E-state index < -0.39 is 11.5 Å². The van der Waals surface area contributed by atoms with Crippen LogP contribution in [0.5, 0.6) is 5.75 Å². The lowest BCUT2D eigenvalue weighted by Gasteiger charge is -2.10. The largest absolute Gasteiger partial charge is 0.489 e. The van der Waals surface area contributed by atoms with Gasteiger partial charge >= 0.3 is 5.63 Å². The Bertz CT molecular complexity index is 1820. The number of nitrogens with one attached hydrogen (secondary N) is 2. The van der Waals surface area contributed by atoms with E-state index >= 15 is 0 Å². The van der Waals surface area contributed by atoms with Gasteiger partial charge in [0.15, 0.2) is 0 Å². The van der Waals surface area contributed by atoms with Gasteiger partial charge in [-0.1, -0.05) is 53.5 Å². The lowest BCUT2D eigenvalue weighted by molar-refractivity contribution is 0.0946. The summed E-state index contributed by atoms with van der Waals surface area (Å²) < 4.78 is 11.2. The molecule has 4 aromatic carbocycles. The van der Waals surface area contributed by atoms with Gasteiger partial charge in [-0.05, 0) is 60.2 Å². The van der Waals surface area contributed by atoms with E-state index in [4.69, 9.17) is 38.1 Å². The molecule has 5 aromatic rings. The lowest BCUT2D eigenvalue weighted by atomic mass is 10.1. The summed E-state index contributed by atoms with van der Waals surface area (Å²) in [6.07, 6.45) is 0. The Morgan fingerprint density at radius 1 is 0.878 bits per heavy atom. The summed E-state index contributed by atoms with van der Waals surface area (Å²) in [5.41, 5.74) is 8.15. The van der Waals surface area contributed by atoms with Crippen molar-refractivity contribution in [2.75, 3.05) is 11.1 Å². The summed E-state index contributed by atoms with van der Waals surface area (Å²) in [4.78, 5) is 37.9. The molecular weight excluding hydrogens is 565 g/mol. The zero-order valence-corrected chi connectivity index (χ0v) is 23.0. The third-order valence-electron chi connectivity index (χ3n) is 6.24. The first kappa shape index (κ1) is 27.8. The molecule has 0 fully saturated rings. The second-order valence-electron chi connectivity index (χ2n) is 9.09. The van der Waals surface area contributed by atoms with E-state index in [9.17, 15) is 14.4 Å². The van der Waals surface area contributed by atoms with Crippen molar-refractivity contribution in [3.63, 3.8) is 0 Å². The Hall–Kier alpha value is -4.79. The Morgan fingerprint density at radius 2 is 1.66 bits per heavy atom. The number of carbonyl (C=O) groups excluding carboxylic acids is 2. The highest BCUT2D eigenvalue weighted by Gasteiger charge is 2.15. The maximum absolute atomic E-state index is 12.8. The highest BCUT2D eigenvalue weighted by molar-refractivity contribution is 6.35. The van der Waals surface area contributed by atoms with Crippen LogP contribution in [0, 0.1) is 0 Å². The Kier molecular flexibility index (Phi) is 8.24. The van der Waals surface area contributed by atoms with Gasteiger partial charge in [0.05, 0.1) is 11.4 Å². The molecule has 0 unspecified atom stereocenters. The maximum atomic E-state index is 12.8. The van der Waals surface area contributed by atoms with E-state index in [-0.39, 0.29) is 30.2 Å². The number of nitrogens with two attached hydrogens (primary N) is 1. The molecule has 0 atom stereocenters. The first-order chi connectivity index (χ1) is 19.8. The third kappa shape index (κ3) is 6.69. The van der Waals surface area contributed by atoms with E-state index in [1.165, 1.54) is 6.07 Å². The van der Waals surface area contributed by atoms with Crippen LogP contribution in [0.3, 0.4) is 0 Å². The Morgan fingerprint density at radius 3 is 2.41 bits per heavy atom. The van der Waals surface area contributed by atoms with Crippen molar-refractivity contribution in [1.29, 1.82) is 0 Å². The summed E-state index contributed by atoms with van der Waals surface area (Å²) in [5, 5.41) is 7.04. The number of ether oxygens (including phenoxy) is 1. The summed E-state index contributed by atoms with van der Waals surface area (Å²) >= 11 is 12.1. The Labute approximate surface area is 244 Å². The molecule has 0 saturated heterocycles. The van der Waals surface area contributed by atoms with Gasteiger partial charge in [0.1, 0.15) is 23.5 Å². The first-order valence-electron chi connectivity index (χ1n) is 12.4. The van der Waals surface area contributed by atoms with Crippen LogP contribution in [0.15, 0.2) is 100 Å². The zero-order valence-electron chi connectivity index (χ0n) is 21.4. The zero-order chi connectivity index (χ0) is 28.9. The first-order valence-corrected chi connectivity index (χ1v) is 13.2. The van der Waals surface area contributed by atoms with Gasteiger partial charge < -0.3 is 25.5 Å². The summed E-state index contributed by atoms with van der Waals surface area (Å²) in [5.74, 6) is -0.428. The van der Waals surface area contributed by atoms with Crippen LogP contribution >= 0.6 is 23.2 Å². The normalized spacial score (nSPS) is 10.8. The molecule has 1 aromatic heterocycles. The number of hydrogen-bond acceptors (Lipinski definition) is 6. The van der Waals surface area contributed by atoms with Gasteiger partial charge in [-0.3, -0.25) is 9.59 Å². The number of benzene rings is 4. The molecule has 0 radical (unpaired) electrons. The van der Waals surface area contributed by atoms with Crippen molar-refractivity contribution >= 4 is 57.4 Å². The number of rotatable bonds is 8. The summed E-state index contributed by atoms with van der Waals surface area (Å²) in [6, 6.07) is 25.2. The van der Waals surface area contributed by atoms with E-state index in [1.807, 2.05) is 0 Å². The van der Waals surface area contributed by atoms with E-state index in [2.05, 4.69) is 10.6 Å². The topological polar surface area (TPSA) is 124 Å². The quantitative estimate of drug-likeness (QED) is 0.142. The fourth-order valence-corrected chi connectivity index (χ4v) is 4.46. The number of hydrogen-bond donors (Lipinski definition) is 3. The number of para-hydroxylation sites is 2. The fraction of sp³-hybridized carbons (Fsp3) is 0.0645. The summed E-state index contributed by atoms with van der Waals surface area (Å²) in [7, 11) is 0. The van der Waals surface area contributed by atoms with Gasteiger partial charge in [-0.25, -0.2) is 4.79 Å². The maximum Gasteiger partial charge on any atom is 0.349 e. The molecule has 4 N–H and O–H groups in total. The van der Waals surface area contributed by atoms with Crippen molar-refractivity contribution in [3.05, 3.63) is 134 Å². The monoisotopic (exact) mass is 587 g/mol. The lowest BCUT2D eigenvalue weighted by Crippen LogP contribution is -2.27. The molecule has 206 valence electrons. The summed E-state index contributed by atoms with van der Waals surface area (Å²) in [6.45, 7) is 0.337. The number of nitrogen functional groups attached to an aromatic ring is 1. The third-order valence-corrected chi connectivity index (χ3v) is 6.83. The molecule has 8 nitrogen and oxygen atoms in total. The average molecular weight is 588 g/mol. The molecule has 41 heavy (non-hydrogen) atoms. The molecule has 0 spiro atoms. The standard InChI is InChI=1S/C31H23Cl2N3O5/c32-22-11-9-21(25(33)14-22)17-40-23-12-10-20-13-24(31(39)41-28(20)15-23)30(38)35-16-18-5-7-19(8-6-18)29(37)36-27-4-2-1-3-26(27)34/h1-15H,16-17,34H2,(H,35,38)(H,36,37). The number of carbonyl (C=O) groups is 2. The van der Waals surface area contributed by atoms with Crippen LogP contribution in [-0.4, -0.2) is 11.8 Å². The van der Waals surface area contributed by atoms with Gasteiger partial charge in [0.25, 0.3) is 11.8 Å². The molecule has 0 aliphatic carbocycles. The van der Waals surface area contributed by atoms with Crippen LogP contribution in [-0.2, 0) is 13.2 Å². The van der Waals surface area contributed by atoms with Gasteiger partial charge in [0, 0.05) is 39.2 Å². The predicted molar refractivity (Wildman–Crippen MR) is 160 cm³/mol. The van der Waals surface area contributed by atoms with Crippen LogP contribution in [0.1, 0.15) is 31.8 Å². The van der Waals surface area contributed by atoms with Crippen LogP contribution in [0.2, 0.25) is 10.0 Å². The predicted octanol–water partition coefficient (Wildman–Crippen LogP) is 6.44.